The van der Waals surface area contributed by atoms with Crippen molar-refractivity contribution in [3.05, 3.63) is 34.6 Å². The highest BCUT2D eigenvalue weighted by Gasteiger charge is 2.26. The Bertz CT molecular complexity index is 544. The van der Waals surface area contributed by atoms with Gasteiger partial charge in [-0.15, -0.1) is 0 Å². The molecule has 1 fully saturated rings. The second-order valence-corrected chi connectivity index (χ2v) is 5.18. The Morgan fingerprint density at radius 1 is 1.38 bits per heavy atom. The lowest BCUT2D eigenvalue weighted by molar-refractivity contribution is -0.145. The van der Waals surface area contributed by atoms with Gasteiger partial charge in [0.2, 0.25) is 0 Å². The third kappa shape index (κ3) is 3.92. The van der Waals surface area contributed by atoms with Crippen LogP contribution in [0.1, 0.15) is 23.2 Å². The number of likely N-dealkylation sites (tertiary alicyclic amines) is 1. The van der Waals surface area contributed by atoms with Gasteiger partial charge in [0.1, 0.15) is 12.4 Å². The molecule has 0 aliphatic carbocycles. The average Bonchev–Trinajstić information content (AvgIpc) is 2.48. The molecule has 7 heteroatoms. The topological polar surface area (TPSA) is 66.8 Å². The Morgan fingerprint density at radius 3 is 2.67 bits per heavy atom. The van der Waals surface area contributed by atoms with Gasteiger partial charge in [0.05, 0.1) is 16.7 Å². The van der Waals surface area contributed by atoms with Gasteiger partial charge in [-0.2, -0.15) is 0 Å². The summed E-state index contributed by atoms with van der Waals surface area (Å²) in [5, 5.41) is 8.38. The van der Waals surface area contributed by atoms with E-state index in [0.29, 0.717) is 25.9 Å². The zero-order valence-electron chi connectivity index (χ0n) is 11.2. The van der Waals surface area contributed by atoms with Gasteiger partial charge in [0.25, 0.3) is 5.91 Å². The molecule has 1 heterocycles. The Kier molecular flexibility index (Phi) is 5.14. The summed E-state index contributed by atoms with van der Waals surface area (Å²) in [5.74, 6) is -1.96. The van der Waals surface area contributed by atoms with Crippen molar-refractivity contribution in [3.63, 3.8) is 0 Å². The molecule has 21 heavy (non-hydrogen) atoms. The number of carboxylic acids is 1. The normalized spacial score (nSPS) is 16.0. The van der Waals surface area contributed by atoms with Crippen molar-refractivity contribution in [1.29, 1.82) is 0 Å². The minimum absolute atomic E-state index is 0.140. The third-order valence-corrected chi connectivity index (χ3v) is 3.74. The molecule has 114 valence electrons. The maximum Gasteiger partial charge on any atom is 0.329 e. The van der Waals surface area contributed by atoms with Crippen LogP contribution in [0.15, 0.2) is 18.2 Å². The van der Waals surface area contributed by atoms with E-state index >= 15 is 0 Å². The fourth-order valence-electron chi connectivity index (χ4n) is 2.25. The van der Waals surface area contributed by atoms with Crippen LogP contribution in [0.2, 0.25) is 5.02 Å². The third-order valence-electron chi connectivity index (χ3n) is 3.35. The zero-order chi connectivity index (χ0) is 15.4. The predicted octanol–water partition coefficient (Wildman–Crippen LogP) is 2.18. The summed E-state index contributed by atoms with van der Waals surface area (Å²) >= 11 is 5.81. The number of ether oxygens (including phenoxy) is 1. The molecule has 1 N–H and O–H groups in total. The summed E-state index contributed by atoms with van der Waals surface area (Å²) < 4.78 is 18.6. The molecule has 0 spiro atoms. The van der Waals surface area contributed by atoms with Crippen LogP contribution >= 0.6 is 11.6 Å². The van der Waals surface area contributed by atoms with Crippen molar-refractivity contribution in [1.82, 2.24) is 4.90 Å². The van der Waals surface area contributed by atoms with Crippen LogP contribution in [-0.2, 0) is 9.53 Å². The number of carbonyl (C=O) groups is 2. The van der Waals surface area contributed by atoms with Crippen LogP contribution in [0.4, 0.5) is 4.39 Å². The quantitative estimate of drug-likeness (QED) is 0.925. The minimum atomic E-state index is -1.01. The molecule has 1 aliphatic rings. The lowest BCUT2D eigenvalue weighted by atomic mass is 10.1. The van der Waals surface area contributed by atoms with Crippen molar-refractivity contribution < 1.29 is 23.8 Å². The van der Waals surface area contributed by atoms with Gasteiger partial charge < -0.3 is 14.7 Å². The zero-order valence-corrected chi connectivity index (χ0v) is 12.0. The Labute approximate surface area is 126 Å². The Hall–Kier alpha value is -1.66. The summed E-state index contributed by atoms with van der Waals surface area (Å²) in [6, 6.07) is 4.13. The van der Waals surface area contributed by atoms with Crippen LogP contribution in [-0.4, -0.2) is 47.7 Å². The van der Waals surface area contributed by atoms with E-state index in [2.05, 4.69) is 0 Å². The number of carboxylic acid groups (broad SMARTS) is 1. The average molecular weight is 316 g/mol. The van der Waals surface area contributed by atoms with Gasteiger partial charge >= 0.3 is 5.97 Å². The number of hydrogen-bond donors (Lipinski definition) is 1. The summed E-state index contributed by atoms with van der Waals surface area (Å²) in [6.45, 7) is 0.514. The van der Waals surface area contributed by atoms with Crippen molar-refractivity contribution in [2.45, 2.75) is 18.9 Å². The van der Waals surface area contributed by atoms with Crippen molar-refractivity contribution in [3.8, 4) is 0 Å². The van der Waals surface area contributed by atoms with E-state index in [1.807, 2.05) is 0 Å². The summed E-state index contributed by atoms with van der Waals surface area (Å²) in [6.07, 6.45) is 0.922. The second kappa shape index (κ2) is 6.87. The first kappa shape index (κ1) is 15.7. The van der Waals surface area contributed by atoms with Crippen molar-refractivity contribution >= 4 is 23.5 Å². The first-order chi connectivity index (χ1) is 9.99. The number of halogens is 2. The number of piperidine rings is 1. The highest BCUT2D eigenvalue weighted by Crippen LogP contribution is 2.23. The predicted molar refractivity (Wildman–Crippen MR) is 73.9 cm³/mol. The monoisotopic (exact) mass is 315 g/mol. The van der Waals surface area contributed by atoms with E-state index in [0.717, 1.165) is 0 Å². The van der Waals surface area contributed by atoms with E-state index in [1.165, 1.54) is 18.2 Å². The molecule has 0 saturated carbocycles. The van der Waals surface area contributed by atoms with Crippen LogP contribution in [0, 0.1) is 5.82 Å². The first-order valence-electron chi connectivity index (χ1n) is 6.55. The largest absolute Gasteiger partial charge is 0.480 e. The fraction of sp³-hybridized carbons (Fsp3) is 0.429. The van der Waals surface area contributed by atoms with Crippen molar-refractivity contribution in [2.24, 2.45) is 0 Å². The van der Waals surface area contributed by atoms with Crippen LogP contribution < -0.4 is 0 Å². The maximum atomic E-state index is 13.4. The molecule has 0 aromatic heterocycles. The first-order valence-corrected chi connectivity index (χ1v) is 6.93. The molecule has 1 aromatic rings. The standard InChI is InChI=1S/C14H15ClFNO4/c15-13-10(2-1-3-11(13)16)14(20)17-6-4-9(5-7-17)21-8-12(18)19/h1-3,9H,4-8H2,(H,18,19). The molecule has 1 aromatic carbocycles. The number of nitrogens with zero attached hydrogens (tertiary/aromatic N) is 1. The molecule has 0 bridgehead atoms. The smallest absolute Gasteiger partial charge is 0.329 e. The Morgan fingerprint density at radius 2 is 2.05 bits per heavy atom. The molecule has 0 atom stereocenters. The molecule has 5 nitrogen and oxygen atoms in total. The Balaban J connectivity index is 1.94. The van der Waals surface area contributed by atoms with Gasteiger partial charge in [-0.25, -0.2) is 9.18 Å². The van der Waals surface area contributed by atoms with Gasteiger partial charge in [-0.1, -0.05) is 17.7 Å². The molecular formula is C14H15ClFNO4. The molecule has 2 rings (SSSR count). The summed E-state index contributed by atoms with van der Waals surface area (Å²) in [4.78, 5) is 24.3. The second-order valence-electron chi connectivity index (χ2n) is 4.80. The number of aliphatic carboxylic acids is 1. The lowest BCUT2D eigenvalue weighted by Crippen LogP contribution is -2.41. The van der Waals surface area contributed by atoms with E-state index in [1.54, 1.807) is 4.90 Å². The van der Waals surface area contributed by atoms with E-state index in [4.69, 9.17) is 21.4 Å². The van der Waals surface area contributed by atoms with Crippen LogP contribution in [0.25, 0.3) is 0 Å². The molecule has 1 amide bonds. The number of amides is 1. The molecule has 0 radical (unpaired) electrons. The van der Waals surface area contributed by atoms with E-state index < -0.39 is 11.8 Å². The molecule has 1 saturated heterocycles. The van der Waals surface area contributed by atoms with Gasteiger partial charge in [0, 0.05) is 13.1 Å². The van der Waals surface area contributed by atoms with Crippen LogP contribution in [0.5, 0.6) is 0 Å². The highest BCUT2D eigenvalue weighted by atomic mass is 35.5. The molecule has 0 unspecified atom stereocenters. The highest BCUT2D eigenvalue weighted by molar-refractivity contribution is 6.34. The maximum absolute atomic E-state index is 13.4. The minimum Gasteiger partial charge on any atom is -0.480 e. The molecular weight excluding hydrogens is 301 g/mol. The van der Waals surface area contributed by atoms with Gasteiger partial charge in [-0.05, 0) is 25.0 Å². The fourth-order valence-corrected chi connectivity index (χ4v) is 2.46. The SMILES string of the molecule is O=C(O)COC1CCN(C(=O)c2cccc(F)c2Cl)CC1. The van der Waals surface area contributed by atoms with Gasteiger partial charge in [0.15, 0.2) is 0 Å². The number of benzene rings is 1. The summed E-state index contributed by atoms with van der Waals surface area (Å²) in [5.41, 5.74) is 0.140. The van der Waals surface area contributed by atoms with Gasteiger partial charge in [-0.3, -0.25) is 4.79 Å². The van der Waals surface area contributed by atoms with E-state index in [9.17, 15) is 14.0 Å². The number of carbonyl (C=O) groups excluding carboxylic acids is 1. The van der Waals surface area contributed by atoms with Crippen molar-refractivity contribution in [2.75, 3.05) is 19.7 Å². The number of rotatable bonds is 4. The lowest BCUT2D eigenvalue weighted by Gasteiger charge is -2.31. The van der Waals surface area contributed by atoms with Crippen LogP contribution in [0.3, 0.4) is 0 Å². The molecule has 1 aliphatic heterocycles. The summed E-state index contributed by atoms with van der Waals surface area (Å²) in [7, 11) is 0. The number of hydrogen-bond acceptors (Lipinski definition) is 3. The van der Waals surface area contributed by atoms with E-state index in [-0.39, 0.29) is 29.2 Å².